The standard InChI is InChI=1S/C14H11ClF3N/c15-12-3-1-9(5-14(12)18)7-19-8-10-6-11(16)2-4-13(10)17/h1-6,19H,7-8H2. The molecule has 0 radical (unpaired) electrons. The highest BCUT2D eigenvalue weighted by molar-refractivity contribution is 6.30. The minimum atomic E-state index is -0.502. The van der Waals surface area contributed by atoms with Gasteiger partial charge in [-0.3, -0.25) is 0 Å². The van der Waals surface area contributed by atoms with Gasteiger partial charge >= 0.3 is 0 Å². The quantitative estimate of drug-likeness (QED) is 0.894. The maximum atomic E-state index is 13.3. The van der Waals surface area contributed by atoms with E-state index in [1.165, 1.54) is 12.1 Å². The number of benzene rings is 2. The molecule has 100 valence electrons. The third-order valence-electron chi connectivity index (χ3n) is 2.64. The van der Waals surface area contributed by atoms with Crippen LogP contribution in [0.3, 0.4) is 0 Å². The zero-order valence-corrected chi connectivity index (χ0v) is 10.6. The first-order chi connectivity index (χ1) is 9.06. The van der Waals surface area contributed by atoms with Gasteiger partial charge in [-0.1, -0.05) is 17.7 Å². The molecule has 0 heterocycles. The van der Waals surface area contributed by atoms with E-state index in [-0.39, 0.29) is 17.1 Å². The van der Waals surface area contributed by atoms with Crippen molar-refractivity contribution in [2.24, 2.45) is 0 Å². The normalized spacial score (nSPS) is 10.7. The van der Waals surface area contributed by atoms with Crippen molar-refractivity contribution in [2.75, 3.05) is 0 Å². The van der Waals surface area contributed by atoms with E-state index in [4.69, 9.17) is 11.6 Å². The van der Waals surface area contributed by atoms with Crippen LogP contribution in [0.2, 0.25) is 5.02 Å². The number of hydrogen-bond donors (Lipinski definition) is 1. The summed E-state index contributed by atoms with van der Waals surface area (Å²) in [5.41, 5.74) is 0.910. The molecule has 1 nitrogen and oxygen atoms in total. The third-order valence-corrected chi connectivity index (χ3v) is 2.94. The SMILES string of the molecule is Fc1ccc(F)c(CNCc2ccc(Cl)c(F)c2)c1. The summed E-state index contributed by atoms with van der Waals surface area (Å²) in [5, 5.41) is 2.97. The lowest BCUT2D eigenvalue weighted by Gasteiger charge is -2.07. The van der Waals surface area contributed by atoms with Crippen LogP contribution in [-0.4, -0.2) is 0 Å². The molecule has 0 aliphatic rings. The third kappa shape index (κ3) is 3.72. The van der Waals surface area contributed by atoms with Crippen molar-refractivity contribution in [1.82, 2.24) is 5.32 Å². The average Bonchev–Trinajstić information content (AvgIpc) is 2.38. The lowest BCUT2D eigenvalue weighted by molar-refractivity contribution is 0.567. The van der Waals surface area contributed by atoms with Crippen molar-refractivity contribution in [3.8, 4) is 0 Å². The van der Waals surface area contributed by atoms with Crippen LogP contribution in [0.4, 0.5) is 13.2 Å². The lowest BCUT2D eigenvalue weighted by Crippen LogP contribution is -2.14. The summed E-state index contributed by atoms with van der Waals surface area (Å²) in [5.74, 6) is -1.47. The van der Waals surface area contributed by atoms with Gasteiger partial charge in [0.1, 0.15) is 17.5 Å². The van der Waals surface area contributed by atoms with Gasteiger partial charge in [-0.05, 0) is 35.9 Å². The van der Waals surface area contributed by atoms with Gasteiger partial charge in [0.2, 0.25) is 0 Å². The Morgan fingerprint density at radius 1 is 0.895 bits per heavy atom. The molecule has 0 unspecified atom stereocenters. The van der Waals surface area contributed by atoms with Gasteiger partial charge in [-0.15, -0.1) is 0 Å². The number of hydrogen-bond acceptors (Lipinski definition) is 1. The van der Waals surface area contributed by atoms with E-state index in [1.54, 1.807) is 6.07 Å². The van der Waals surface area contributed by atoms with Crippen molar-refractivity contribution < 1.29 is 13.2 Å². The average molecular weight is 286 g/mol. The van der Waals surface area contributed by atoms with E-state index >= 15 is 0 Å². The van der Waals surface area contributed by atoms with E-state index in [1.807, 2.05) is 0 Å². The zero-order valence-electron chi connectivity index (χ0n) is 9.89. The summed E-state index contributed by atoms with van der Waals surface area (Å²) in [6.45, 7) is 0.498. The van der Waals surface area contributed by atoms with Crippen molar-refractivity contribution in [3.63, 3.8) is 0 Å². The predicted molar refractivity (Wildman–Crippen MR) is 68.3 cm³/mol. The molecule has 0 atom stereocenters. The van der Waals surface area contributed by atoms with Gasteiger partial charge in [-0.2, -0.15) is 0 Å². The Kier molecular flexibility index (Phi) is 4.45. The monoisotopic (exact) mass is 285 g/mol. The Hall–Kier alpha value is -1.52. The molecule has 2 aromatic carbocycles. The van der Waals surface area contributed by atoms with Gasteiger partial charge in [-0.25, -0.2) is 13.2 Å². The first-order valence-electron chi connectivity index (χ1n) is 5.65. The summed E-state index contributed by atoms with van der Waals surface area (Å²) in [4.78, 5) is 0. The maximum Gasteiger partial charge on any atom is 0.142 e. The molecule has 5 heteroatoms. The Labute approximate surface area is 114 Å². The smallest absolute Gasteiger partial charge is 0.142 e. The minimum absolute atomic E-state index is 0.0555. The molecular weight excluding hydrogens is 275 g/mol. The van der Waals surface area contributed by atoms with Crippen molar-refractivity contribution in [1.29, 1.82) is 0 Å². The number of halogens is 4. The summed E-state index contributed by atoms with van der Waals surface area (Å²) in [6, 6.07) is 7.70. The van der Waals surface area contributed by atoms with Crippen LogP contribution in [0.1, 0.15) is 11.1 Å². The van der Waals surface area contributed by atoms with Crippen LogP contribution >= 0.6 is 11.6 Å². The minimum Gasteiger partial charge on any atom is -0.309 e. The molecule has 0 bridgehead atoms. The van der Waals surface area contributed by atoms with Gasteiger partial charge < -0.3 is 5.32 Å². The van der Waals surface area contributed by atoms with Crippen LogP contribution in [0, 0.1) is 17.5 Å². The van der Waals surface area contributed by atoms with Crippen LogP contribution in [0.25, 0.3) is 0 Å². The van der Waals surface area contributed by atoms with Crippen LogP contribution in [0.5, 0.6) is 0 Å². The fraction of sp³-hybridized carbons (Fsp3) is 0.143. The van der Waals surface area contributed by atoms with E-state index in [9.17, 15) is 13.2 Å². The second-order valence-electron chi connectivity index (χ2n) is 4.09. The fourth-order valence-electron chi connectivity index (χ4n) is 1.67. The van der Waals surface area contributed by atoms with Crippen LogP contribution in [0.15, 0.2) is 36.4 Å². The number of rotatable bonds is 4. The van der Waals surface area contributed by atoms with Crippen LogP contribution < -0.4 is 5.32 Å². The van der Waals surface area contributed by atoms with Gasteiger partial charge in [0, 0.05) is 18.7 Å². The second-order valence-corrected chi connectivity index (χ2v) is 4.49. The Morgan fingerprint density at radius 3 is 2.42 bits per heavy atom. The van der Waals surface area contributed by atoms with E-state index in [0.717, 1.165) is 18.2 Å². The van der Waals surface area contributed by atoms with Gasteiger partial charge in [0.15, 0.2) is 0 Å². The summed E-state index contributed by atoms with van der Waals surface area (Å²) < 4.78 is 39.4. The second kappa shape index (κ2) is 6.08. The molecule has 0 saturated carbocycles. The predicted octanol–water partition coefficient (Wildman–Crippen LogP) is 4.05. The molecule has 2 rings (SSSR count). The summed E-state index contributed by atoms with van der Waals surface area (Å²) in [6.07, 6.45) is 0. The molecule has 2 aromatic rings. The fourth-order valence-corrected chi connectivity index (χ4v) is 1.79. The maximum absolute atomic E-state index is 13.3. The summed E-state index contributed by atoms with van der Waals surface area (Å²) >= 11 is 5.56. The van der Waals surface area contributed by atoms with Gasteiger partial charge in [0.05, 0.1) is 5.02 Å². The van der Waals surface area contributed by atoms with Crippen molar-refractivity contribution in [2.45, 2.75) is 13.1 Å². The van der Waals surface area contributed by atoms with Crippen molar-refractivity contribution in [3.05, 3.63) is 70.0 Å². The highest BCUT2D eigenvalue weighted by atomic mass is 35.5. The first kappa shape index (κ1) is 13.9. The molecular formula is C14H11ClF3N. The van der Waals surface area contributed by atoms with Crippen LogP contribution in [-0.2, 0) is 13.1 Å². The molecule has 0 aliphatic carbocycles. The van der Waals surface area contributed by atoms with E-state index < -0.39 is 17.5 Å². The molecule has 0 amide bonds. The highest BCUT2D eigenvalue weighted by Gasteiger charge is 2.04. The largest absolute Gasteiger partial charge is 0.309 e. The molecule has 0 aliphatic heterocycles. The summed E-state index contributed by atoms with van der Waals surface area (Å²) in [7, 11) is 0. The van der Waals surface area contributed by atoms with E-state index in [2.05, 4.69) is 5.32 Å². The van der Waals surface area contributed by atoms with E-state index in [0.29, 0.717) is 12.1 Å². The first-order valence-corrected chi connectivity index (χ1v) is 6.02. The molecule has 0 fully saturated rings. The lowest BCUT2D eigenvalue weighted by atomic mass is 10.2. The molecule has 0 spiro atoms. The Bertz CT molecular complexity index is 587. The number of nitrogens with one attached hydrogen (secondary N) is 1. The zero-order chi connectivity index (χ0) is 13.8. The topological polar surface area (TPSA) is 12.0 Å². The molecule has 0 saturated heterocycles. The van der Waals surface area contributed by atoms with Crippen molar-refractivity contribution >= 4 is 11.6 Å². The highest BCUT2D eigenvalue weighted by Crippen LogP contribution is 2.15. The molecule has 1 N–H and O–H groups in total. The molecule has 19 heavy (non-hydrogen) atoms. The molecule has 0 aromatic heterocycles. The Balaban J connectivity index is 1.96. The van der Waals surface area contributed by atoms with Gasteiger partial charge in [0.25, 0.3) is 0 Å². The Morgan fingerprint density at radius 2 is 1.68 bits per heavy atom.